The lowest BCUT2D eigenvalue weighted by atomic mass is 10.3. The zero-order valence-electron chi connectivity index (χ0n) is 12.2. The van der Waals surface area contributed by atoms with Gasteiger partial charge in [0.1, 0.15) is 12.3 Å². The highest BCUT2D eigenvalue weighted by Crippen LogP contribution is 2.11. The zero-order valence-corrected chi connectivity index (χ0v) is 12.2. The molecule has 2 rings (SSSR count). The third kappa shape index (κ3) is 5.28. The Morgan fingerprint density at radius 1 is 1.05 bits per heavy atom. The quantitative estimate of drug-likeness (QED) is 0.793. The third-order valence-electron chi connectivity index (χ3n) is 2.83. The van der Waals surface area contributed by atoms with Crippen LogP contribution in [0.3, 0.4) is 0 Å². The van der Waals surface area contributed by atoms with Gasteiger partial charge in [-0.05, 0) is 30.7 Å². The van der Waals surface area contributed by atoms with Crippen LogP contribution in [-0.4, -0.2) is 24.1 Å². The first-order valence-electron chi connectivity index (χ1n) is 7.11. The number of carbonyl (C=O) groups is 1. The van der Waals surface area contributed by atoms with Crippen molar-refractivity contribution in [3.05, 3.63) is 60.7 Å². The average molecular weight is 284 g/mol. The number of nitrogens with one attached hydrogen (secondary N) is 1. The molecule has 110 valence electrons. The minimum atomic E-state index is -0.0921. The van der Waals surface area contributed by atoms with Crippen LogP contribution >= 0.6 is 0 Å². The van der Waals surface area contributed by atoms with Crippen LogP contribution in [0, 0.1) is 0 Å². The van der Waals surface area contributed by atoms with E-state index in [9.17, 15) is 4.79 Å². The summed E-state index contributed by atoms with van der Waals surface area (Å²) >= 11 is 0. The van der Waals surface area contributed by atoms with Gasteiger partial charge in [-0.3, -0.25) is 4.79 Å². The summed E-state index contributed by atoms with van der Waals surface area (Å²) in [6.07, 6.45) is 0.908. The van der Waals surface area contributed by atoms with Crippen molar-refractivity contribution in [1.82, 2.24) is 5.06 Å². The lowest BCUT2D eigenvalue weighted by Crippen LogP contribution is -2.36. The topological polar surface area (TPSA) is 41.6 Å². The number of hydrogen-bond donors (Lipinski definition) is 1. The molecule has 0 bridgehead atoms. The van der Waals surface area contributed by atoms with Crippen molar-refractivity contribution >= 4 is 11.6 Å². The highest BCUT2D eigenvalue weighted by atomic mass is 16.7. The second kappa shape index (κ2) is 8.07. The van der Waals surface area contributed by atoms with Crippen molar-refractivity contribution in [3.63, 3.8) is 0 Å². The molecule has 0 saturated heterocycles. The molecule has 1 N–H and O–H groups in total. The summed E-state index contributed by atoms with van der Waals surface area (Å²) in [6, 6.07) is 18.9. The Morgan fingerprint density at radius 3 is 2.29 bits per heavy atom. The second-order valence-electron chi connectivity index (χ2n) is 4.68. The fourth-order valence-electron chi connectivity index (χ4n) is 1.92. The molecule has 0 saturated carbocycles. The highest BCUT2D eigenvalue weighted by molar-refractivity contribution is 5.92. The number of para-hydroxylation sites is 2. The molecule has 2 aromatic carbocycles. The van der Waals surface area contributed by atoms with Crippen molar-refractivity contribution in [2.75, 3.05) is 18.4 Å². The molecular formula is C17H20N2O2. The number of benzene rings is 2. The van der Waals surface area contributed by atoms with Crippen LogP contribution < -0.4 is 10.2 Å². The van der Waals surface area contributed by atoms with Gasteiger partial charge in [-0.1, -0.05) is 43.3 Å². The standard InChI is InChI=1S/C17H20N2O2/c1-2-13-19(21-16-11-7-4-8-12-16)14-17(20)18-15-9-5-3-6-10-15/h3-12H,2,13-14H2,1H3,(H,18,20). The molecule has 0 aliphatic heterocycles. The molecule has 4 nitrogen and oxygen atoms in total. The molecule has 0 fully saturated rings. The molecule has 1 amide bonds. The lowest BCUT2D eigenvalue weighted by molar-refractivity contribution is -0.127. The van der Waals surface area contributed by atoms with Gasteiger partial charge in [-0.15, -0.1) is 5.06 Å². The van der Waals surface area contributed by atoms with Gasteiger partial charge < -0.3 is 10.2 Å². The van der Waals surface area contributed by atoms with E-state index in [0.29, 0.717) is 6.54 Å². The maximum Gasteiger partial charge on any atom is 0.242 e. The molecule has 0 atom stereocenters. The fraction of sp³-hybridized carbons (Fsp3) is 0.235. The maximum absolute atomic E-state index is 12.1. The third-order valence-corrected chi connectivity index (χ3v) is 2.83. The second-order valence-corrected chi connectivity index (χ2v) is 4.68. The predicted octanol–water partition coefficient (Wildman–Crippen LogP) is 3.33. The van der Waals surface area contributed by atoms with Crippen LogP contribution in [0.25, 0.3) is 0 Å². The van der Waals surface area contributed by atoms with E-state index in [4.69, 9.17) is 4.84 Å². The number of anilines is 1. The maximum atomic E-state index is 12.1. The van der Waals surface area contributed by atoms with Gasteiger partial charge >= 0.3 is 0 Å². The SMILES string of the molecule is CCCN(CC(=O)Nc1ccccc1)Oc1ccccc1. The smallest absolute Gasteiger partial charge is 0.242 e. The summed E-state index contributed by atoms with van der Waals surface area (Å²) in [4.78, 5) is 17.8. The summed E-state index contributed by atoms with van der Waals surface area (Å²) in [7, 11) is 0. The number of hydrogen-bond acceptors (Lipinski definition) is 3. The summed E-state index contributed by atoms with van der Waals surface area (Å²) in [6.45, 7) is 2.94. The van der Waals surface area contributed by atoms with Crippen molar-refractivity contribution < 1.29 is 9.63 Å². The van der Waals surface area contributed by atoms with Crippen molar-refractivity contribution in [1.29, 1.82) is 0 Å². The van der Waals surface area contributed by atoms with E-state index in [0.717, 1.165) is 17.9 Å². The van der Waals surface area contributed by atoms with Gasteiger partial charge in [-0.25, -0.2) is 0 Å². The molecule has 4 heteroatoms. The number of carbonyl (C=O) groups excluding carboxylic acids is 1. The van der Waals surface area contributed by atoms with E-state index in [2.05, 4.69) is 12.2 Å². The molecular weight excluding hydrogens is 264 g/mol. The number of rotatable bonds is 7. The van der Waals surface area contributed by atoms with E-state index in [-0.39, 0.29) is 12.5 Å². The van der Waals surface area contributed by atoms with Crippen LogP contribution in [0.2, 0.25) is 0 Å². The summed E-state index contributed by atoms with van der Waals surface area (Å²) in [5.41, 5.74) is 0.790. The first-order chi connectivity index (χ1) is 10.3. The minimum Gasteiger partial charge on any atom is -0.406 e. The normalized spacial score (nSPS) is 10.4. The van der Waals surface area contributed by atoms with Gasteiger partial charge in [0.2, 0.25) is 5.91 Å². The Balaban J connectivity index is 1.91. The highest BCUT2D eigenvalue weighted by Gasteiger charge is 2.12. The summed E-state index contributed by atoms with van der Waals surface area (Å²) < 4.78 is 0. The molecule has 0 spiro atoms. The first-order valence-corrected chi connectivity index (χ1v) is 7.11. The largest absolute Gasteiger partial charge is 0.406 e. The number of hydroxylamine groups is 2. The number of amides is 1. The van der Waals surface area contributed by atoms with Crippen LogP contribution in [0.4, 0.5) is 5.69 Å². The fourth-order valence-corrected chi connectivity index (χ4v) is 1.92. The van der Waals surface area contributed by atoms with Crippen LogP contribution in [0.15, 0.2) is 60.7 Å². The van der Waals surface area contributed by atoms with Crippen LogP contribution in [-0.2, 0) is 4.79 Å². The van der Waals surface area contributed by atoms with Crippen molar-refractivity contribution in [2.24, 2.45) is 0 Å². The summed E-state index contributed by atoms with van der Waals surface area (Å²) in [5.74, 6) is 0.643. The molecule has 0 heterocycles. The predicted molar refractivity (Wildman–Crippen MR) is 84.0 cm³/mol. The monoisotopic (exact) mass is 284 g/mol. The van der Waals surface area contributed by atoms with Gasteiger partial charge in [0.05, 0.1) is 0 Å². The average Bonchev–Trinajstić information content (AvgIpc) is 2.49. The van der Waals surface area contributed by atoms with Crippen molar-refractivity contribution in [2.45, 2.75) is 13.3 Å². The minimum absolute atomic E-state index is 0.0921. The van der Waals surface area contributed by atoms with Crippen LogP contribution in [0.1, 0.15) is 13.3 Å². The van der Waals surface area contributed by atoms with E-state index >= 15 is 0 Å². The molecule has 2 aromatic rings. The molecule has 0 aliphatic rings. The van der Waals surface area contributed by atoms with E-state index in [1.165, 1.54) is 0 Å². The summed E-state index contributed by atoms with van der Waals surface area (Å²) in [5, 5.41) is 4.53. The Morgan fingerprint density at radius 2 is 1.67 bits per heavy atom. The van der Waals surface area contributed by atoms with E-state index < -0.39 is 0 Å². The van der Waals surface area contributed by atoms with E-state index in [1.807, 2.05) is 60.7 Å². The number of nitrogens with zero attached hydrogens (tertiary/aromatic N) is 1. The lowest BCUT2D eigenvalue weighted by Gasteiger charge is -2.21. The van der Waals surface area contributed by atoms with Gasteiger partial charge in [0, 0.05) is 12.2 Å². The zero-order chi connectivity index (χ0) is 14.9. The molecule has 0 radical (unpaired) electrons. The van der Waals surface area contributed by atoms with Crippen LogP contribution in [0.5, 0.6) is 5.75 Å². The Kier molecular flexibility index (Phi) is 5.79. The molecule has 0 aliphatic carbocycles. The molecule has 21 heavy (non-hydrogen) atoms. The van der Waals surface area contributed by atoms with E-state index in [1.54, 1.807) is 5.06 Å². The Bertz CT molecular complexity index is 543. The van der Waals surface area contributed by atoms with Crippen molar-refractivity contribution in [3.8, 4) is 5.75 Å². The molecule has 0 aromatic heterocycles. The Hall–Kier alpha value is -2.33. The van der Waals surface area contributed by atoms with Gasteiger partial charge in [0.15, 0.2) is 0 Å². The van der Waals surface area contributed by atoms with Gasteiger partial charge in [-0.2, -0.15) is 0 Å². The molecule has 0 unspecified atom stereocenters. The first kappa shape index (κ1) is 15.1. The Labute approximate surface area is 125 Å². The van der Waals surface area contributed by atoms with Gasteiger partial charge in [0.25, 0.3) is 0 Å².